The van der Waals surface area contributed by atoms with Gasteiger partial charge in [-0.1, -0.05) is 36.4 Å². The first-order chi connectivity index (χ1) is 15.3. The molecular weight excluding hydrogens is 408 g/mol. The Bertz CT molecular complexity index is 966. The van der Waals surface area contributed by atoms with E-state index in [1.54, 1.807) is 27.0 Å². The molecule has 0 aliphatic heterocycles. The topological polar surface area (TPSA) is 86.8 Å². The van der Waals surface area contributed by atoms with Crippen molar-refractivity contribution in [3.63, 3.8) is 0 Å². The van der Waals surface area contributed by atoms with E-state index in [2.05, 4.69) is 10.5 Å². The zero-order chi connectivity index (χ0) is 23.1. The first-order valence-corrected chi connectivity index (χ1v) is 10.7. The highest BCUT2D eigenvalue weighted by atomic mass is 16.6. The van der Waals surface area contributed by atoms with E-state index in [1.807, 2.05) is 42.5 Å². The molecule has 170 valence electrons. The van der Waals surface area contributed by atoms with Crippen LogP contribution in [0.1, 0.15) is 62.4 Å². The van der Waals surface area contributed by atoms with Crippen LogP contribution in [0.2, 0.25) is 0 Å². The maximum Gasteiger partial charge on any atom is 0.331 e. The van der Waals surface area contributed by atoms with Crippen LogP contribution >= 0.6 is 0 Å². The summed E-state index contributed by atoms with van der Waals surface area (Å²) in [6, 6.07) is 13.4. The standard InChI is InChI=1S/C25H30N2O5/c1-25(2,3)32-21(28)15-18-12-13-20(27-31-16-17-9-6-5-7-10-17)19-11-8-14-26-23(19)22(18)24(29)30-4/h5-11,14-15,20,22,27H,12-13,16H2,1-4H3/b18-15-. The molecule has 2 aromatic rings. The summed E-state index contributed by atoms with van der Waals surface area (Å²) >= 11 is 0. The van der Waals surface area contributed by atoms with Gasteiger partial charge in [0.2, 0.25) is 0 Å². The average molecular weight is 439 g/mol. The van der Waals surface area contributed by atoms with E-state index in [9.17, 15) is 9.59 Å². The number of carbonyl (C=O) groups is 2. The Morgan fingerprint density at radius 2 is 1.91 bits per heavy atom. The highest BCUT2D eigenvalue weighted by molar-refractivity contribution is 5.88. The molecule has 0 radical (unpaired) electrons. The number of hydrogen-bond donors (Lipinski definition) is 1. The Hall–Kier alpha value is -3.03. The highest BCUT2D eigenvalue weighted by Gasteiger charge is 2.35. The SMILES string of the molecule is COC(=O)C1/C(=C\C(=O)OC(C)(C)C)CCC(NOCc2ccccc2)c2cccnc21. The summed E-state index contributed by atoms with van der Waals surface area (Å²) in [5.74, 6) is -1.75. The minimum absolute atomic E-state index is 0.209. The molecule has 1 aromatic heterocycles. The number of nitrogens with zero attached hydrogens (tertiary/aromatic N) is 1. The number of ether oxygens (including phenoxy) is 2. The lowest BCUT2D eigenvalue weighted by Gasteiger charge is -2.20. The van der Waals surface area contributed by atoms with Crippen molar-refractivity contribution in [3.8, 4) is 0 Å². The van der Waals surface area contributed by atoms with Gasteiger partial charge in [-0.15, -0.1) is 0 Å². The van der Waals surface area contributed by atoms with Crippen LogP contribution < -0.4 is 5.48 Å². The summed E-state index contributed by atoms with van der Waals surface area (Å²) in [7, 11) is 1.33. The van der Waals surface area contributed by atoms with E-state index in [4.69, 9.17) is 14.3 Å². The molecule has 1 aromatic carbocycles. The van der Waals surface area contributed by atoms with Gasteiger partial charge in [0.15, 0.2) is 0 Å². The summed E-state index contributed by atoms with van der Waals surface area (Å²) < 4.78 is 10.5. The van der Waals surface area contributed by atoms with Crippen LogP contribution in [0, 0.1) is 0 Å². The summed E-state index contributed by atoms with van der Waals surface area (Å²) in [5, 5.41) is 0. The second-order valence-electron chi connectivity index (χ2n) is 8.67. The fourth-order valence-corrected chi connectivity index (χ4v) is 3.69. The van der Waals surface area contributed by atoms with Crippen molar-refractivity contribution < 1.29 is 23.9 Å². The Morgan fingerprint density at radius 3 is 2.59 bits per heavy atom. The Morgan fingerprint density at radius 1 is 1.16 bits per heavy atom. The summed E-state index contributed by atoms with van der Waals surface area (Å²) in [6.45, 7) is 5.80. The lowest BCUT2D eigenvalue weighted by atomic mass is 9.92. The molecule has 1 N–H and O–H groups in total. The van der Waals surface area contributed by atoms with Crippen molar-refractivity contribution in [2.24, 2.45) is 0 Å². The number of esters is 2. The number of benzene rings is 1. The van der Waals surface area contributed by atoms with Crippen molar-refractivity contribution in [2.45, 2.75) is 57.8 Å². The molecule has 1 aliphatic carbocycles. The van der Waals surface area contributed by atoms with Crippen LogP contribution in [0.3, 0.4) is 0 Å². The van der Waals surface area contributed by atoms with Crippen LogP contribution in [0.25, 0.3) is 0 Å². The normalized spacial score (nSPS) is 19.7. The minimum Gasteiger partial charge on any atom is -0.468 e. The van der Waals surface area contributed by atoms with Gasteiger partial charge in [0.1, 0.15) is 11.5 Å². The predicted octanol–water partition coefficient (Wildman–Crippen LogP) is 4.16. The molecule has 0 spiro atoms. The minimum atomic E-state index is -0.787. The van der Waals surface area contributed by atoms with Crippen molar-refractivity contribution in [3.05, 3.63) is 77.1 Å². The molecule has 2 atom stereocenters. The quantitative estimate of drug-likeness (QED) is 0.314. The van der Waals surface area contributed by atoms with E-state index in [1.165, 1.54) is 13.2 Å². The molecule has 7 heteroatoms. The van der Waals surface area contributed by atoms with Gasteiger partial charge >= 0.3 is 11.9 Å². The molecule has 0 bridgehead atoms. The highest BCUT2D eigenvalue weighted by Crippen LogP contribution is 2.38. The second-order valence-corrected chi connectivity index (χ2v) is 8.67. The van der Waals surface area contributed by atoms with Crippen molar-refractivity contribution >= 4 is 11.9 Å². The predicted molar refractivity (Wildman–Crippen MR) is 119 cm³/mol. The van der Waals surface area contributed by atoms with Crippen molar-refractivity contribution in [1.29, 1.82) is 0 Å². The van der Waals surface area contributed by atoms with E-state index in [-0.39, 0.29) is 6.04 Å². The zero-order valence-corrected chi connectivity index (χ0v) is 19.0. The third kappa shape index (κ3) is 6.24. The van der Waals surface area contributed by atoms with Gasteiger partial charge < -0.3 is 9.47 Å². The maximum atomic E-state index is 12.8. The van der Waals surface area contributed by atoms with E-state index >= 15 is 0 Å². The van der Waals surface area contributed by atoms with Crippen molar-refractivity contribution in [1.82, 2.24) is 10.5 Å². The number of hydrogen-bond acceptors (Lipinski definition) is 7. The number of rotatable bonds is 6. The van der Waals surface area contributed by atoms with Gasteiger partial charge in [-0.05, 0) is 56.4 Å². The van der Waals surface area contributed by atoms with Crippen LogP contribution in [0.4, 0.5) is 0 Å². The third-order valence-electron chi connectivity index (χ3n) is 5.07. The van der Waals surface area contributed by atoms with Gasteiger partial charge in [0.05, 0.1) is 25.5 Å². The van der Waals surface area contributed by atoms with E-state index in [0.29, 0.717) is 30.7 Å². The third-order valence-corrected chi connectivity index (χ3v) is 5.07. The van der Waals surface area contributed by atoms with Crippen LogP contribution in [0.15, 0.2) is 60.3 Å². The molecular formula is C25H30N2O5. The first kappa shape index (κ1) is 23.6. The number of aromatic nitrogens is 1. The summed E-state index contributed by atoms with van der Waals surface area (Å²) in [4.78, 5) is 35.5. The van der Waals surface area contributed by atoms with Crippen molar-refractivity contribution in [2.75, 3.05) is 7.11 Å². The van der Waals surface area contributed by atoms with E-state index in [0.717, 1.165) is 11.1 Å². The van der Waals surface area contributed by atoms with E-state index < -0.39 is 23.5 Å². The Labute approximate surface area is 188 Å². The number of methoxy groups -OCH3 is 1. The van der Waals surface area contributed by atoms with Crippen LogP contribution in [0.5, 0.6) is 0 Å². The van der Waals surface area contributed by atoms with Gasteiger partial charge in [0.25, 0.3) is 0 Å². The Kier molecular flexibility index (Phi) is 7.77. The number of nitrogens with one attached hydrogen (secondary N) is 1. The number of hydroxylamine groups is 1. The monoisotopic (exact) mass is 438 g/mol. The lowest BCUT2D eigenvalue weighted by Crippen LogP contribution is -2.24. The van der Waals surface area contributed by atoms with Gasteiger partial charge in [-0.3, -0.25) is 14.6 Å². The number of carbonyl (C=O) groups excluding carboxylic acids is 2. The number of fused-ring (bicyclic) bond motifs is 1. The first-order valence-electron chi connectivity index (χ1n) is 10.7. The Balaban J connectivity index is 1.88. The van der Waals surface area contributed by atoms with Crippen LogP contribution in [-0.2, 0) is 30.5 Å². The van der Waals surface area contributed by atoms with Crippen LogP contribution in [-0.4, -0.2) is 29.6 Å². The number of pyridine rings is 1. The second kappa shape index (κ2) is 10.5. The molecule has 3 rings (SSSR count). The lowest BCUT2D eigenvalue weighted by molar-refractivity contribution is -0.148. The molecule has 0 fully saturated rings. The van der Waals surface area contributed by atoms with Gasteiger partial charge in [-0.2, -0.15) is 5.48 Å². The molecule has 7 nitrogen and oxygen atoms in total. The molecule has 0 saturated heterocycles. The largest absolute Gasteiger partial charge is 0.468 e. The molecule has 1 heterocycles. The summed E-state index contributed by atoms with van der Waals surface area (Å²) in [6.07, 6.45) is 4.11. The fraction of sp³-hybridized carbons (Fsp3) is 0.400. The molecule has 0 saturated carbocycles. The maximum absolute atomic E-state index is 12.8. The fourth-order valence-electron chi connectivity index (χ4n) is 3.69. The smallest absolute Gasteiger partial charge is 0.331 e. The molecule has 1 aliphatic rings. The van der Waals surface area contributed by atoms with Gasteiger partial charge in [0, 0.05) is 12.3 Å². The average Bonchev–Trinajstić information content (AvgIpc) is 2.90. The molecule has 0 amide bonds. The van der Waals surface area contributed by atoms with Gasteiger partial charge in [-0.25, -0.2) is 4.79 Å². The summed E-state index contributed by atoms with van der Waals surface area (Å²) in [5.41, 5.74) is 5.52. The molecule has 2 unspecified atom stereocenters. The molecule has 32 heavy (non-hydrogen) atoms. The zero-order valence-electron chi connectivity index (χ0n) is 19.0.